The molecule has 5 nitrogen and oxygen atoms in total. The van der Waals surface area contributed by atoms with E-state index in [0.717, 1.165) is 29.5 Å². The van der Waals surface area contributed by atoms with Crippen molar-refractivity contribution in [1.29, 1.82) is 0 Å². The number of aromatic amines is 1. The Balaban J connectivity index is 1.48. The summed E-state index contributed by atoms with van der Waals surface area (Å²) in [7, 11) is 0. The van der Waals surface area contributed by atoms with Gasteiger partial charge in [-0.05, 0) is 36.4 Å². The van der Waals surface area contributed by atoms with Crippen LogP contribution in [0.2, 0.25) is 0 Å². The maximum atomic E-state index is 13.9. The van der Waals surface area contributed by atoms with E-state index in [9.17, 15) is 18.4 Å². The number of benzene rings is 2. The SMILES string of the molecule is O=C(Nc1nc(-c2cc(F)ccc2F)cs1)c1ccc(C(=O)c2cc[nH]c2)cc1. The zero-order valence-electron chi connectivity index (χ0n) is 14.8. The Labute approximate surface area is 168 Å². The third-order valence-electron chi connectivity index (χ3n) is 4.20. The Kier molecular flexibility index (Phi) is 5.01. The first kappa shape index (κ1) is 18.7. The average Bonchev–Trinajstić information content (AvgIpc) is 3.42. The van der Waals surface area contributed by atoms with Crippen molar-refractivity contribution < 1.29 is 18.4 Å². The molecule has 0 fully saturated rings. The zero-order valence-corrected chi connectivity index (χ0v) is 15.6. The summed E-state index contributed by atoms with van der Waals surface area (Å²) >= 11 is 1.10. The van der Waals surface area contributed by atoms with E-state index in [4.69, 9.17) is 0 Å². The summed E-state index contributed by atoms with van der Waals surface area (Å²) in [5.41, 5.74) is 1.58. The quantitative estimate of drug-likeness (QED) is 0.461. The van der Waals surface area contributed by atoms with Crippen molar-refractivity contribution in [3.63, 3.8) is 0 Å². The minimum absolute atomic E-state index is 0.0226. The summed E-state index contributed by atoms with van der Waals surface area (Å²) in [4.78, 5) is 31.7. The van der Waals surface area contributed by atoms with E-state index in [1.807, 2.05) is 0 Å². The number of carbonyl (C=O) groups is 2. The fourth-order valence-electron chi connectivity index (χ4n) is 2.72. The summed E-state index contributed by atoms with van der Waals surface area (Å²) in [5.74, 6) is -1.75. The molecule has 0 atom stereocenters. The van der Waals surface area contributed by atoms with Crippen LogP contribution in [0, 0.1) is 11.6 Å². The van der Waals surface area contributed by atoms with Crippen LogP contribution in [0.4, 0.5) is 13.9 Å². The molecule has 4 rings (SSSR count). The predicted octanol–water partition coefficient (Wildman–Crippen LogP) is 4.90. The standard InChI is InChI=1S/C21H13F2N3O2S/c22-15-5-6-17(23)16(9-15)18-11-29-21(25-18)26-20(28)13-3-1-12(2-4-13)19(27)14-7-8-24-10-14/h1-11,24H,(H,25,26,28). The molecule has 4 aromatic rings. The maximum Gasteiger partial charge on any atom is 0.257 e. The number of rotatable bonds is 5. The number of hydrogen-bond acceptors (Lipinski definition) is 4. The van der Waals surface area contributed by atoms with E-state index in [0.29, 0.717) is 16.7 Å². The zero-order chi connectivity index (χ0) is 20.4. The smallest absolute Gasteiger partial charge is 0.257 e. The second-order valence-electron chi connectivity index (χ2n) is 6.12. The van der Waals surface area contributed by atoms with E-state index in [1.54, 1.807) is 30.6 Å². The Morgan fingerprint density at radius 1 is 0.966 bits per heavy atom. The van der Waals surface area contributed by atoms with Crippen LogP contribution in [0.1, 0.15) is 26.3 Å². The molecule has 0 aliphatic heterocycles. The average molecular weight is 409 g/mol. The van der Waals surface area contributed by atoms with Crippen molar-refractivity contribution in [1.82, 2.24) is 9.97 Å². The number of hydrogen-bond donors (Lipinski definition) is 2. The van der Waals surface area contributed by atoms with E-state index >= 15 is 0 Å². The Bertz CT molecular complexity index is 1190. The van der Waals surface area contributed by atoms with Gasteiger partial charge in [-0.2, -0.15) is 0 Å². The molecule has 2 aromatic carbocycles. The first-order valence-electron chi connectivity index (χ1n) is 8.51. The lowest BCUT2D eigenvalue weighted by atomic mass is 10.0. The number of anilines is 1. The topological polar surface area (TPSA) is 74.8 Å². The molecular weight excluding hydrogens is 396 g/mol. The summed E-state index contributed by atoms with van der Waals surface area (Å²) in [6, 6.07) is 11.0. The van der Waals surface area contributed by atoms with Gasteiger partial charge in [0, 0.05) is 40.0 Å². The third kappa shape index (κ3) is 3.97. The van der Waals surface area contributed by atoms with Gasteiger partial charge in [0.1, 0.15) is 11.6 Å². The van der Waals surface area contributed by atoms with E-state index in [-0.39, 0.29) is 22.2 Å². The molecule has 2 aromatic heterocycles. The molecule has 0 saturated carbocycles. The molecule has 0 unspecified atom stereocenters. The van der Waals surface area contributed by atoms with Crippen molar-refractivity contribution >= 4 is 28.2 Å². The molecule has 0 spiro atoms. The van der Waals surface area contributed by atoms with Gasteiger partial charge in [-0.15, -0.1) is 11.3 Å². The van der Waals surface area contributed by atoms with Crippen LogP contribution in [-0.4, -0.2) is 21.7 Å². The first-order valence-corrected chi connectivity index (χ1v) is 9.39. The summed E-state index contributed by atoms with van der Waals surface area (Å²) in [6.07, 6.45) is 3.26. The number of H-pyrrole nitrogens is 1. The molecule has 0 saturated heterocycles. The lowest BCUT2D eigenvalue weighted by molar-refractivity contribution is 0.102. The van der Waals surface area contributed by atoms with Crippen LogP contribution in [0.25, 0.3) is 11.3 Å². The number of thiazole rings is 1. The lowest BCUT2D eigenvalue weighted by Gasteiger charge is -2.04. The molecule has 144 valence electrons. The van der Waals surface area contributed by atoms with E-state index < -0.39 is 17.5 Å². The van der Waals surface area contributed by atoms with E-state index in [2.05, 4.69) is 15.3 Å². The molecule has 0 aliphatic carbocycles. The highest BCUT2D eigenvalue weighted by atomic mass is 32.1. The minimum Gasteiger partial charge on any atom is -0.367 e. The fraction of sp³-hybridized carbons (Fsp3) is 0. The molecule has 1 amide bonds. The number of amides is 1. The molecular formula is C21H13F2N3O2S. The first-order chi connectivity index (χ1) is 14.0. The van der Waals surface area contributed by atoms with Gasteiger partial charge in [0.2, 0.25) is 0 Å². The summed E-state index contributed by atoms with van der Waals surface area (Å²) in [5, 5.41) is 4.41. The molecule has 2 heterocycles. The largest absolute Gasteiger partial charge is 0.367 e. The summed E-state index contributed by atoms with van der Waals surface area (Å²) in [6.45, 7) is 0. The number of aromatic nitrogens is 2. The number of ketones is 1. The van der Waals surface area contributed by atoms with Crippen LogP contribution in [0.5, 0.6) is 0 Å². The summed E-state index contributed by atoms with van der Waals surface area (Å²) < 4.78 is 27.2. The van der Waals surface area contributed by atoms with Crippen LogP contribution >= 0.6 is 11.3 Å². The van der Waals surface area contributed by atoms with Crippen molar-refractivity contribution in [3.05, 3.63) is 94.6 Å². The molecule has 0 aliphatic rings. The van der Waals surface area contributed by atoms with Crippen LogP contribution in [0.3, 0.4) is 0 Å². The number of nitrogens with one attached hydrogen (secondary N) is 2. The number of carbonyl (C=O) groups excluding carboxylic acids is 2. The third-order valence-corrected chi connectivity index (χ3v) is 4.96. The Morgan fingerprint density at radius 3 is 2.45 bits per heavy atom. The lowest BCUT2D eigenvalue weighted by Crippen LogP contribution is -2.12. The van der Waals surface area contributed by atoms with Crippen LogP contribution < -0.4 is 5.32 Å². The van der Waals surface area contributed by atoms with Gasteiger partial charge in [0.25, 0.3) is 5.91 Å². The highest BCUT2D eigenvalue weighted by Crippen LogP contribution is 2.28. The predicted molar refractivity (Wildman–Crippen MR) is 106 cm³/mol. The van der Waals surface area contributed by atoms with Gasteiger partial charge in [-0.25, -0.2) is 13.8 Å². The maximum absolute atomic E-state index is 13.9. The second-order valence-corrected chi connectivity index (χ2v) is 6.98. The molecule has 2 N–H and O–H groups in total. The highest BCUT2D eigenvalue weighted by molar-refractivity contribution is 7.14. The van der Waals surface area contributed by atoms with Gasteiger partial charge in [0.05, 0.1) is 5.69 Å². The van der Waals surface area contributed by atoms with Gasteiger partial charge in [-0.1, -0.05) is 12.1 Å². The number of nitrogens with zero attached hydrogens (tertiary/aromatic N) is 1. The molecule has 8 heteroatoms. The normalized spacial score (nSPS) is 10.7. The van der Waals surface area contributed by atoms with Crippen molar-refractivity contribution in [2.45, 2.75) is 0 Å². The van der Waals surface area contributed by atoms with Crippen molar-refractivity contribution in [2.75, 3.05) is 5.32 Å². The van der Waals surface area contributed by atoms with Crippen molar-refractivity contribution in [2.24, 2.45) is 0 Å². The molecule has 0 bridgehead atoms. The van der Waals surface area contributed by atoms with Gasteiger partial charge >= 0.3 is 0 Å². The van der Waals surface area contributed by atoms with Gasteiger partial charge in [-0.3, -0.25) is 14.9 Å². The minimum atomic E-state index is -0.600. The number of halogens is 2. The Hall–Kier alpha value is -3.65. The Morgan fingerprint density at radius 2 is 1.72 bits per heavy atom. The van der Waals surface area contributed by atoms with Crippen molar-refractivity contribution in [3.8, 4) is 11.3 Å². The van der Waals surface area contributed by atoms with E-state index in [1.165, 1.54) is 17.5 Å². The van der Waals surface area contributed by atoms with Crippen LogP contribution in [0.15, 0.2) is 66.3 Å². The monoisotopic (exact) mass is 409 g/mol. The second kappa shape index (κ2) is 7.76. The highest BCUT2D eigenvalue weighted by Gasteiger charge is 2.14. The van der Waals surface area contributed by atoms with Crippen LogP contribution in [-0.2, 0) is 0 Å². The molecule has 0 radical (unpaired) electrons. The van der Waals surface area contributed by atoms with Gasteiger partial charge in [0.15, 0.2) is 10.9 Å². The van der Waals surface area contributed by atoms with Gasteiger partial charge < -0.3 is 4.98 Å². The fourth-order valence-corrected chi connectivity index (χ4v) is 3.43. The molecule has 29 heavy (non-hydrogen) atoms.